The number of benzene rings is 1. The lowest BCUT2D eigenvalue weighted by Gasteiger charge is -2.11. The molecule has 1 aliphatic carbocycles. The molecule has 1 unspecified atom stereocenters. The first-order valence-corrected chi connectivity index (χ1v) is 5.82. The summed E-state index contributed by atoms with van der Waals surface area (Å²) in [5.74, 6) is 1.00. The van der Waals surface area contributed by atoms with Crippen LogP contribution in [0.4, 0.5) is 0 Å². The van der Waals surface area contributed by atoms with Crippen LogP contribution in [0, 0.1) is 0 Å². The summed E-state index contributed by atoms with van der Waals surface area (Å²) >= 11 is 0. The first-order chi connectivity index (χ1) is 7.83. The van der Waals surface area contributed by atoms with E-state index in [-0.39, 0.29) is 6.04 Å². The number of hydrogen-bond acceptors (Lipinski definition) is 3. The molecule has 16 heavy (non-hydrogen) atoms. The van der Waals surface area contributed by atoms with Crippen LogP contribution in [0.1, 0.15) is 30.0 Å². The summed E-state index contributed by atoms with van der Waals surface area (Å²) < 4.78 is 10.8. The molecule has 3 heteroatoms. The van der Waals surface area contributed by atoms with Crippen LogP contribution in [0.25, 0.3) is 0 Å². The third-order valence-corrected chi connectivity index (χ3v) is 3.02. The van der Waals surface area contributed by atoms with Crippen molar-refractivity contribution < 1.29 is 9.47 Å². The maximum Gasteiger partial charge on any atom is 0.122 e. The van der Waals surface area contributed by atoms with E-state index in [1.54, 1.807) is 7.11 Å². The van der Waals surface area contributed by atoms with Crippen molar-refractivity contribution in [2.45, 2.75) is 25.3 Å². The second-order valence-corrected chi connectivity index (χ2v) is 4.16. The van der Waals surface area contributed by atoms with Crippen LogP contribution in [-0.4, -0.2) is 20.3 Å². The third-order valence-electron chi connectivity index (χ3n) is 3.02. The van der Waals surface area contributed by atoms with Crippen LogP contribution in [0.15, 0.2) is 18.2 Å². The van der Waals surface area contributed by atoms with Gasteiger partial charge in [0.15, 0.2) is 0 Å². The van der Waals surface area contributed by atoms with E-state index in [1.807, 2.05) is 12.1 Å². The summed E-state index contributed by atoms with van der Waals surface area (Å²) in [6, 6.07) is 6.35. The average molecular weight is 221 g/mol. The van der Waals surface area contributed by atoms with Crippen molar-refractivity contribution in [1.82, 2.24) is 0 Å². The molecule has 1 aromatic rings. The highest BCUT2D eigenvalue weighted by Crippen LogP contribution is 2.35. The molecule has 0 aromatic heterocycles. The number of fused-ring (bicyclic) bond motifs is 1. The van der Waals surface area contributed by atoms with Crippen LogP contribution in [-0.2, 0) is 11.2 Å². The number of rotatable bonds is 5. The average Bonchev–Trinajstić information content (AvgIpc) is 2.68. The maximum atomic E-state index is 6.02. The fourth-order valence-corrected chi connectivity index (χ4v) is 2.17. The Balaban J connectivity index is 2.00. The minimum atomic E-state index is 0.192. The van der Waals surface area contributed by atoms with Crippen LogP contribution >= 0.6 is 0 Å². The van der Waals surface area contributed by atoms with E-state index in [9.17, 15) is 0 Å². The van der Waals surface area contributed by atoms with Gasteiger partial charge in [0.1, 0.15) is 5.75 Å². The summed E-state index contributed by atoms with van der Waals surface area (Å²) in [6.07, 6.45) is 3.00. The van der Waals surface area contributed by atoms with E-state index in [0.29, 0.717) is 6.61 Å². The first-order valence-electron chi connectivity index (χ1n) is 5.82. The number of methoxy groups -OCH3 is 1. The molecule has 0 amide bonds. The predicted molar refractivity (Wildman–Crippen MR) is 63.7 cm³/mol. The summed E-state index contributed by atoms with van der Waals surface area (Å²) in [6.45, 7) is 1.45. The molecule has 2 rings (SSSR count). The zero-order valence-electron chi connectivity index (χ0n) is 9.74. The fraction of sp³-hybridized carbons (Fsp3) is 0.538. The van der Waals surface area contributed by atoms with Crippen molar-refractivity contribution >= 4 is 0 Å². The standard InChI is InChI=1S/C13H19NO2/c1-15-8-3-9-16-13-5-2-4-10-11(13)6-7-12(10)14/h2,4-5,12H,3,6-9,14H2,1H3. The predicted octanol–water partition coefficient (Wildman–Crippen LogP) is 2.05. The Bertz CT molecular complexity index is 352. The molecule has 0 bridgehead atoms. The Morgan fingerprint density at radius 1 is 1.38 bits per heavy atom. The van der Waals surface area contributed by atoms with Crippen LogP contribution in [0.3, 0.4) is 0 Å². The van der Waals surface area contributed by atoms with Gasteiger partial charge in [0.05, 0.1) is 6.61 Å². The Hall–Kier alpha value is -1.06. The molecule has 2 N–H and O–H groups in total. The smallest absolute Gasteiger partial charge is 0.122 e. The van der Waals surface area contributed by atoms with E-state index in [2.05, 4.69) is 6.07 Å². The lowest BCUT2D eigenvalue weighted by atomic mass is 10.1. The van der Waals surface area contributed by atoms with Crippen LogP contribution < -0.4 is 10.5 Å². The Labute approximate surface area is 96.5 Å². The number of ether oxygens (including phenoxy) is 2. The van der Waals surface area contributed by atoms with Gasteiger partial charge in [0.25, 0.3) is 0 Å². The number of hydrogen-bond donors (Lipinski definition) is 1. The van der Waals surface area contributed by atoms with Crippen molar-refractivity contribution in [2.24, 2.45) is 5.73 Å². The first kappa shape index (κ1) is 11.4. The largest absolute Gasteiger partial charge is 0.493 e. The highest BCUT2D eigenvalue weighted by molar-refractivity contribution is 5.44. The molecule has 0 spiro atoms. The zero-order chi connectivity index (χ0) is 11.4. The van der Waals surface area contributed by atoms with Crippen molar-refractivity contribution in [1.29, 1.82) is 0 Å². The van der Waals surface area contributed by atoms with Gasteiger partial charge in [-0.05, 0) is 30.0 Å². The second-order valence-electron chi connectivity index (χ2n) is 4.16. The van der Waals surface area contributed by atoms with E-state index >= 15 is 0 Å². The van der Waals surface area contributed by atoms with Crippen molar-refractivity contribution in [3.8, 4) is 5.75 Å². The van der Waals surface area contributed by atoms with E-state index < -0.39 is 0 Å². The van der Waals surface area contributed by atoms with Crippen LogP contribution in [0.5, 0.6) is 5.75 Å². The summed E-state index contributed by atoms with van der Waals surface area (Å²) in [7, 11) is 1.71. The minimum Gasteiger partial charge on any atom is -0.493 e. The van der Waals surface area contributed by atoms with Gasteiger partial charge in [-0.25, -0.2) is 0 Å². The van der Waals surface area contributed by atoms with Gasteiger partial charge in [-0.3, -0.25) is 0 Å². The summed E-state index contributed by atoms with van der Waals surface area (Å²) in [5, 5.41) is 0. The van der Waals surface area contributed by atoms with Crippen molar-refractivity contribution in [3.63, 3.8) is 0 Å². The van der Waals surface area contributed by atoms with Gasteiger partial charge in [-0.1, -0.05) is 12.1 Å². The summed E-state index contributed by atoms with van der Waals surface area (Å²) in [5.41, 5.74) is 8.57. The van der Waals surface area contributed by atoms with Gasteiger partial charge in [0.2, 0.25) is 0 Å². The maximum absolute atomic E-state index is 6.02. The molecule has 0 saturated heterocycles. The molecule has 0 saturated carbocycles. The normalized spacial score (nSPS) is 18.5. The fourth-order valence-electron chi connectivity index (χ4n) is 2.17. The molecule has 0 fully saturated rings. The molecule has 0 heterocycles. The highest BCUT2D eigenvalue weighted by Gasteiger charge is 2.21. The Kier molecular flexibility index (Phi) is 3.80. The molecule has 0 aliphatic heterocycles. The lowest BCUT2D eigenvalue weighted by molar-refractivity contribution is 0.172. The molecule has 88 valence electrons. The highest BCUT2D eigenvalue weighted by atomic mass is 16.5. The molecule has 1 aromatic carbocycles. The second kappa shape index (κ2) is 5.32. The third kappa shape index (κ3) is 2.36. The SMILES string of the molecule is COCCCOc1cccc2c1CCC2N. The zero-order valence-corrected chi connectivity index (χ0v) is 9.74. The molecule has 1 atom stereocenters. The van der Waals surface area contributed by atoms with Gasteiger partial charge in [-0.2, -0.15) is 0 Å². The minimum absolute atomic E-state index is 0.192. The molecule has 3 nitrogen and oxygen atoms in total. The van der Waals surface area contributed by atoms with Crippen molar-refractivity contribution in [2.75, 3.05) is 20.3 Å². The Morgan fingerprint density at radius 3 is 3.06 bits per heavy atom. The lowest BCUT2D eigenvalue weighted by Crippen LogP contribution is -2.06. The topological polar surface area (TPSA) is 44.5 Å². The van der Waals surface area contributed by atoms with E-state index in [4.69, 9.17) is 15.2 Å². The van der Waals surface area contributed by atoms with E-state index in [1.165, 1.54) is 11.1 Å². The molecular formula is C13H19NO2. The quantitative estimate of drug-likeness (QED) is 0.774. The van der Waals surface area contributed by atoms with Gasteiger partial charge in [-0.15, -0.1) is 0 Å². The van der Waals surface area contributed by atoms with Gasteiger partial charge in [0, 0.05) is 26.2 Å². The molecular weight excluding hydrogens is 202 g/mol. The molecule has 1 aliphatic rings. The van der Waals surface area contributed by atoms with Crippen LogP contribution in [0.2, 0.25) is 0 Å². The monoisotopic (exact) mass is 221 g/mol. The number of nitrogens with two attached hydrogens (primary N) is 1. The van der Waals surface area contributed by atoms with Crippen molar-refractivity contribution in [3.05, 3.63) is 29.3 Å². The Morgan fingerprint density at radius 2 is 2.25 bits per heavy atom. The molecule has 0 radical (unpaired) electrons. The van der Waals surface area contributed by atoms with Gasteiger partial charge < -0.3 is 15.2 Å². The van der Waals surface area contributed by atoms with Gasteiger partial charge >= 0.3 is 0 Å². The van der Waals surface area contributed by atoms with E-state index in [0.717, 1.165) is 31.6 Å². The summed E-state index contributed by atoms with van der Waals surface area (Å²) in [4.78, 5) is 0.